The summed E-state index contributed by atoms with van der Waals surface area (Å²) in [6, 6.07) is 10.4. The van der Waals surface area contributed by atoms with E-state index in [4.69, 9.17) is 14.2 Å². The van der Waals surface area contributed by atoms with Crippen LogP contribution in [-0.4, -0.2) is 32.2 Å². The molecule has 0 spiro atoms. The molecule has 0 fully saturated rings. The molecule has 5 heteroatoms. The van der Waals surface area contributed by atoms with Gasteiger partial charge in [0.1, 0.15) is 0 Å². The normalized spacial score (nSPS) is 10.6. The maximum absolute atomic E-state index is 12.1. The van der Waals surface area contributed by atoms with Crippen molar-refractivity contribution in [3.05, 3.63) is 53.6 Å². The number of methoxy groups -OCH3 is 3. The Bertz CT molecular complexity index is 720. The second-order valence-electron chi connectivity index (χ2n) is 4.65. The van der Waals surface area contributed by atoms with E-state index in [1.807, 2.05) is 6.07 Å². The summed E-state index contributed by atoms with van der Waals surface area (Å²) in [5.41, 5.74) is 1.08. The van der Waals surface area contributed by atoms with Gasteiger partial charge in [-0.25, -0.2) is 0 Å². The zero-order valence-corrected chi connectivity index (χ0v) is 13.2. The lowest BCUT2D eigenvalue weighted by Crippen LogP contribution is -1.98. The number of aromatic hydroxyl groups is 1. The summed E-state index contributed by atoms with van der Waals surface area (Å²) < 4.78 is 15.7. The fourth-order valence-electron chi connectivity index (χ4n) is 2.21. The zero-order valence-electron chi connectivity index (χ0n) is 13.2. The molecule has 2 aromatic rings. The quantitative estimate of drug-likeness (QED) is 0.654. The van der Waals surface area contributed by atoms with Gasteiger partial charge in [0.05, 0.1) is 21.3 Å². The van der Waals surface area contributed by atoms with Gasteiger partial charge >= 0.3 is 0 Å². The predicted molar refractivity (Wildman–Crippen MR) is 87.6 cm³/mol. The van der Waals surface area contributed by atoms with Gasteiger partial charge in [0.2, 0.25) is 11.5 Å². The van der Waals surface area contributed by atoms with Gasteiger partial charge in [-0.3, -0.25) is 4.79 Å². The molecule has 5 nitrogen and oxygen atoms in total. The minimum atomic E-state index is -0.151. The van der Waals surface area contributed by atoms with Gasteiger partial charge < -0.3 is 19.3 Å². The maximum Gasteiger partial charge on any atom is 0.207 e. The molecule has 0 aromatic heterocycles. The molecule has 1 N–H and O–H groups in total. The smallest absolute Gasteiger partial charge is 0.207 e. The highest BCUT2D eigenvalue weighted by molar-refractivity contribution is 6.07. The molecule has 0 atom stereocenters. The van der Waals surface area contributed by atoms with E-state index in [9.17, 15) is 9.90 Å². The van der Waals surface area contributed by atoms with Crippen molar-refractivity contribution >= 4 is 11.9 Å². The second-order valence-corrected chi connectivity index (χ2v) is 4.65. The van der Waals surface area contributed by atoms with E-state index >= 15 is 0 Å². The van der Waals surface area contributed by atoms with Gasteiger partial charge in [0.15, 0.2) is 17.3 Å². The molecular weight excluding hydrogens is 296 g/mol. The fraction of sp³-hybridized carbons (Fsp3) is 0.167. The summed E-state index contributed by atoms with van der Waals surface area (Å²) >= 11 is 0. The van der Waals surface area contributed by atoms with E-state index in [1.54, 1.807) is 30.3 Å². The van der Waals surface area contributed by atoms with Crippen LogP contribution in [0.3, 0.4) is 0 Å². The van der Waals surface area contributed by atoms with E-state index < -0.39 is 0 Å². The molecule has 23 heavy (non-hydrogen) atoms. The molecule has 0 heterocycles. The molecule has 0 unspecified atom stereocenters. The molecule has 120 valence electrons. The number of allylic oxidation sites excluding steroid dienone is 1. The van der Waals surface area contributed by atoms with Crippen molar-refractivity contribution in [3.63, 3.8) is 0 Å². The highest BCUT2D eigenvalue weighted by Crippen LogP contribution is 2.46. The first-order valence-electron chi connectivity index (χ1n) is 6.91. The zero-order chi connectivity index (χ0) is 16.8. The van der Waals surface area contributed by atoms with Crippen molar-refractivity contribution in [2.75, 3.05) is 21.3 Å². The monoisotopic (exact) mass is 314 g/mol. The van der Waals surface area contributed by atoms with Crippen LogP contribution in [0, 0.1) is 0 Å². The Morgan fingerprint density at radius 1 is 0.957 bits per heavy atom. The SMILES string of the molecule is COc1c(O)cc(C=CC(=O)c2ccccc2)c(OC)c1OC. The minimum Gasteiger partial charge on any atom is -0.504 e. The van der Waals surface area contributed by atoms with Gasteiger partial charge in [-0.1, -0.05) is 30.3 Å². The van der Waals surface area contributed by atoms with E-state index in [0.717, 1.165) is 0 Å². The van der Waals surface area contributed by atoms with Crippen LogP contribution in [0.15, 0.2) is 42.5 Å². The second kappa shape index (κ2) is 7.35. The van der Waals surface area contributed by atoms with Crippen LogP contribution in [0.1, 0.15) is 15.9 Å². The van der Waals surface area contributed by atoms with E-state index in [-0.39, 0.29) is 23.0 Å². The average Bonchev–Trinajstić information content (AvgIpc) is 2.59. The number of phenolic OH excluding ortho intramolecular Hbond substituents is 1. The summed E-state index contributed by atoms with van der Waals surface area (Å²) in [7, 11) is 4.35. The fourth-order valence-corrected chi connectivity index (χ4v) is 2.21. The number of ether oxygens (including phenoxy) is 3. The van der Waals surface area contributed by atoms with E-state index in [0.29, 0.717) is 16.9 Å². The minimum absolute atomic E-state index is 0.100. The number of phenols is 1. The summed E-state index contributed by atoms with van der Waals surface area (Å²) in [6.07, 6.45) is 2.98. The van der Waals surface area contributed by atoms with Gasteiger partial charge in [-0.2, -0.15) is 0 Å². The van der Waals surface area contributed by atoms with E-state index in [1.165, 1.54) is 33.5 Å². The average molecular weight is 314 g/mol. The summed E-state index contributed by atoms with van der Waals surface area (Å²) in [6.45, 7) is 0. The van der Waals surface area contributed by atoms with Crippen molar-refractivity contribution in [2.45, 2.75) is 0 Å². The molecule has 0 radical (unpaired) electrons. The van der Waals surface area contributed by atoms with Gasteiger partial charge in [-0.05, 0) is 18.2 Å². The van der Waals surface area contributed by atoms with Crippen molar-refractivity contribution in [2.24, 2.45) is 0 Å². The largest absolute Gasteiger partial charge is 0.504 e. The van der Waals surface area contributed by atoms with Crippen LogP contribution in [0.5, 0.6) is 23.0 Å². The topological polar surface area (TPSA) is 65.0 Å². The number of rotatable bonds is 6. The van der Waals surface area contributed by atoms with Crippen molar-refractivity contribution < 1.29 is 24.1 Å². The van der Waals surface area contributed by atoms with Crippen molar-refractivity contribution in [3.8, 4) is 23.0 Å². The number of hydrogen-bond acceptors (Lipinski definition) is 5. The first-order chi connectivity index (χ1) is 11.1. The van der Waals surface area contributed by atoms with Crippen molar-refractivity contribution in [1.82, 2.24) is 0 Å². The molecular formula is C18H18O5. The number of carbonyl (C=O) groups is 1. The lowest BCUT2D eigenvalue weighted by atomic mass is 10.1. The first kappa shape index (κ1) is 16.4. The molecule has 0 bridgehead atoms. The molecule has 0 aliphatic rings. The van der Waals surface area contributed by atoms with Crippen LogP contribution in [0.4, 0.5) is 0 Å². The number of benzene rings is 2. The Kier molecular flexibility index (Phi) is 5.25. The number of carbonyl (C=O) groups excluding carboxylic acids is 1. The van der Waals surface area contributed by atoms with Gasteiger partial charge in [-0.15, -0.1) is 0 Å². The lowest BCUT2D eigenvalue weighted by molar-refractivity contribution is 0.104. The molecule has 0 aliphatic heterocycles. The molecule has 0 saturated heterocycles. The Labute approximate surface area is 134 Å². The first-order valence-corrected chi connectivity index (χ1v) is 6.91. The molecule has 2 aromatic carbocycles. The highest BCUT2D eigenvalue weighted by Gasteiger charge is 2.19. The van der Waals surface area contributed by atoms with Gasteiger partial charge in [0.25, 0.3) is 0 Å². The number of ketones is 1. The van der Waals surface area contributed by atoms with Crippen LogP contribution in [-0.2, 0) is 0 Å². The third kappa shape index (κ3) is 3.45. The van der Waals surface area contributed by atoms with Gasteiger partial charge in [0, 0.05) is 11.1 Å². The molecule has 0 aliphatic carbocycles. The van der Waals surface area contributed by atoms with Crippen LogP contribution in [0.2, 0.25) is 0 Å². The summed E-state index contributed by atoms with van der Waals surface area (Å²) in [4.78, 5) is 12.1. The Balaban J connectivity index is 2.41. The summed E-state index contributed by atoms with van der Waals surface area (Å²) in [5, 5.41) is 10.0. The molecule has 0 amide bonds. The van der Waals surface area contributed by atoms with Crippen molar-refractivity contribution in [1.29, 1.82) is 0 Å². The summed E-state index contributed by atoms with van der Waals surface area (Å²) in [5.74, 6) is 0.566. The highest BCUT2D eigenvalue weighted by atomic mass is 16.5. The van der Waals surface area contributed by atoms with Crippen LogP contribution in [0.25, 0.3) is 6.08 Å². The Hall–Kier alpha value is -2.95. The molecule has 2 rings (SSSR count). The molecule has 0 saturated carbocycles. The predicted octanol–water partition coefficient (Wildman–Crippen LogP) is 3.31. The van der Waals surface area contributed by atoms with Crippen LogP contribution < -0.4 is 14.2 Å². The standard InChI is InChI=1S/C18H18O5/c1-21-16-13(11-15(20)17(22-2)18(16)23-3)9-10-14(19)12-7-5-4-6-8-12/h4-11,20H,1-3H3. The van der Waals surface area contributed by atoms with Crippen LogP contribution >= 0.6 is 0 Å². The Morgan fingerprint density at radius 3 is 2.13 bits per heavy atom. The number of hydrogen-bond donors (Lipinski definition) is 1. The lowest BCUT2D eigenvalue weighted by Gasteiger charge is -2.15. The maximum atomic E-state index is 12.1. The Morgan fingerprint density at radius 2 is 1.57 bits per heavy atom. The third-order valence-electron chi connectivity index (χ3n) is 3.28. The third-order valence-corrected chi connectivity index (χ3v) is 3.28. The van der Waals surface area contributed by atoms with E-state index in [2.05, 4.69) is 0 Å².